The van der Waals surface area contributed by atoms with Crippen LogP contribution in [0.4, 0.5) is 5.69 Å². The number of hydrogen-bond donors (Lipinski definition) is 0. The van der Waals surface area contributed by atoms with Crippen LogP contribution in [0.2, 0.25) is 0 Å². The summed E-state index contributed by atoms with van der Waals surface area (Å²) >= 11 is 0. The molecule has 0 atom stereocenters. The number of para-hydroxylation sites is 1. The van der Waals surface area contributed by atoms with Crippen molar-refractivity contribution in [3.05, 3.63) is 53.1 Å². The van der Waals surface area contributed by atoms with Crippen LogP contribution in [0.1, 0.15) is 42.9 Å². The highest BCUT2D eigenvalue weighted by molar-refractivity contribution is 6.06. The van der Waals surface area contributed by atoms with Gasteiger partial charge in [-0.05, 0) is 36.6 Å². The fourth-order valence-corrected chi connectivity index (χ4v) is 4.17. The monoisotopic (exact) mass is 411 g/mol. The molecule has 0 radical (unpaired) electrons. The Morgan fingerprint density at radius 2 is 1.90 bits per heavy atom. The van der Waals surface area contributed by atoms with Gasteiger partial charge in [0.25, 0.3) is 11.7 Å². The van der Waals surface area contributed by atoms with Crippen molar-refractivity contribution in [1.82, 2.24) is 0 Å². The number of unbranched alkanes of at least 4 members (excludes halogenated alkanes) is 2. The van der Waals surface area contributed by atoms with E-state index in [1.54, 1.807) is 12.0 Å². The second kappa shape index (κ2) is 8.66. The van der Waals surface area contributed by atoms with E-state index < -0.39 is 5.79 Å². The van der Waals surface area contributed by atoms with Gasteiger partial charge in [-0.15, -0.1) is 0 Å². The van der Waals surface area contributed by atoms with Gasteiger partial charge in [-0.25, -0.2) is 0 Å². The van der Waals surface area contributed by atoms with Crippen LogP contribution < -0.4 is 14.4 Å². The molecule has 30 heavy (non-hydrogen) atoms. The zero-order valence-corrected chi connectivity index (χ0v) is 17.9. The molecule has 1 saturated heterocycles. The number of nitrogens with zero attached hydrogens (tertiary/aromatic N) is 1. The molecule has 0 N–H and O–H groups in total. The third kappa shape index (κ3) is 3.55. The van der Waals surface area contributed by atoms with E-state index in [2.05, 4.69) is 6.92 Å². The van der Waals surface area contributed by atoms with E-state index in [-0.39, 0.29) is 5.91 Å². The van der Waals surface area contributed by atoms with Crippen molar-refractivity contribution in [3.63, 3.8) is 0 Å². The van der Waals surface area contributed by atoms with Crippen molar-refractivity contribution in [2.75, 3.05) is 31.8 Å². The Kier molecular flexibility index (Phi) is 5.97. The Bertz CT molecular complexity index is 920. The average molecular weight is 411 g/mol. The zero-order valence-electron chi connectivity index (χ0n) is 17.9. The third-order valence-electron chi connectivity index (χ3n) is 5.66. The van der Waals surface area contributed by atoms with Crippen molar-refractivity contribution in [1.29, 1.82) is 0 Å². The molecule has 6 nitrogen and oxygen atoms in total. The lowest BCUT2D eigenvalue weighted by atomic mass is 10.0. The first-order chi connectivity index (χ1) is 14.6. The summed E-state index contributed by atoms with van der Waals surface area (Å²) in [6, 6.07) is 11.7. The van der Waals surface area contributed by atoms with E-state index in [0.29, 0.717) is 32.1 Å². The first kappa shape index (κ1) is 20.7. The standard InChI is InChI=1S/C24H29NO5/c1-4-5-6-12-28-20-11-10-18(15-21(20)27-3)16-25-22-17(2)8-7-9-19(22)24(23(25)26)29-13-14-30-24/h7-11,15H,4-6,12-14,16H2,1-3H3. The first-order valence-corrected chi connectivity index (χ1v) is 10.6. The molecule has 2 aliphatic rings. The summed E-state index contributed by atoms with van der Waals surface area (Å²) in [4.78, 5) is 15.1. The van der Waals surface area contributed by atoms with Gasteiger partial charge in [0.2, 0.25) is 0 Å². The second-order valence-electron chi connectivity index (χ2n) is 7.72. The topological polar surface area (TPSA) is 57.2 Å². The van der Waals surface area contributed by atoms with Gasteiger partial charge in [0, 0.05) is 5.56 Å². The molecule has 1 fully saturated rings. The molecule has 0 unspecified atom stereocenters. The molecule has 2 aromatic rings. The third-order valence-corrected chi connectivity index (χ3v) is 5.66. The number of rotatable bonds is 8. The Morgan fingerprint density at radius 3 is 2.63 bits per heavy atom. The van der Waals surface area contributed by atoms with Gasteiger partial charge in [-0.1, -0.05) is 44.0 Å². The molecular weight excluding hydrogens is 382 g/mol. The van der Waals surface area contributed by atoms with E-state index in [1.165, 1.54) is 0 Å². The molecule has 4 rings (SSSR count). The van der Waals surface area contributed by atoms with Crippen LogP contribution in [-0.2, 0) is 26.6 Å². The summed E-state index contributed by atoms with van der Waals surface area (Å²) in [5.41, 5.74) is 3.61. The Balaban J connectivity index is 1.59. The Morgan fingerprint density at radius 1 is 1.10 bits per heavy atom. The smallest absolute Gasteiger partial charge is 0.292 e. The fraction of sp³-hybridized carbons (Fsp3) is 0.458. The SMILES string of the molecule is CCCCCOc1ccc(CN2C(=O)C3(OCCO3)c3cccc(C)c32)cc1OC. The largest absolute Gasteiger partial charge is 0.493 e. The number of hydrogen-bond acceptors (Lipinski definition) is 5. The summed E-state index contributed by atoms with van der Waals surface area (Å²) in [6.07, 6.45) is 3.31. The fourth-order valence-electron chi connectivity index (χ4n) is 4.17. The van der Waals surface area contributed by atoms with Gasteiger partial charge < -0.3 is 23.8 Å². The lowest BCUT2D eigenvalue weighted by molar-refractivity contribution is -0.180. The lowest BCUT2D eigenvalue weighted by Gasteiger charge is -2.22. The van der Waals surface area contributed by atoms with Crippen LogP contribution in [0.15, 0.2) is 36.4 Å². The predicted octanol–water partition coefficient (Wildman–Crippen LogP) is 4.32. The van der Waals surface area contributed by atoms with E-state index >= 15 is 0 Å². The molecule has 1 amide bonds. The Labute approximate surface area is 177 Å². The number of benzene rings is 2. The van der Waals surface area contributed by atoms with E-state index in [9.17, 15) is 4.79 Å². The maximum atomic E-state index is 13.4. The van der Waals surface area contributed by atoms with Crippen LogP contribution in [-0.4, -0.2) is 32.8 Å². The quantitative estimate of drug-likeness (QED) is 0.606. The molecule has 2 aliphatic heterocycles. The summed E-state index contributed by atoms with van der Waals surface area (Å²) in [5.74, 6) is -0.0965. The first-order valence-electron chi connectivity index (χ1n) is 10.6. The van der Waals surface area contributed by atoms with Crippen molar-refractivity contribution in [2.24, 2.45) is 0 Å². The maximum absolute atomic E-state index is 13.4. The number of carbonyl (C=O) groups excluding carboxylic acids is 1. The second-order valence-corrected chi connectivity index (χ2v) is 7.72. The summed E-state index contributed by atoms with van der Waals surface area (Å²) in [5, 5.41) is 0. The number of fused-ring (bicyclic) bond motifs is 2. The number of aryl methyl sites for hydroxylation is 1. The minimum atomic E-state index is -1.31. The van der Waals surface area contributed by atoms with Crippen molar-refractivity contribution in [2.45, 2.75) is 45.4 Å². The molecule has 160 valence electrons. The number of anilines is 1. The predicted molar refractivity (Wildman–Crippen MR) is 114 cm³/mol. The normalized spacial score (nSPS) is 16.9. The van der Waals surface area contributed by atoms with Gasteiger partial charge in [0.05, 0.1) is 39.2 Å². The van der Waals surface area contributed by atoms with Crippen LogP contribution >= 0.6 is 0 Å². The minimum absolute atomic E-state index is 0.178. The molecule has 0 saturated carbocycles. The summed E-state index contributed by atoms with van der Waals surface area (Å²) < 4.78 is 23.1. The van der Waals surface area contributed by atoms with Crippen LogP contribution in [0, 0.1) is 6.92 Å². The molecule has 0 aliphatic carbocycles. The van der Waals surface area contributed by atoms with Crippen LogP contribution in [0.5, 0.6) is 11.5 Å². The molecule has 0 aromatic heterocycles. The molecule has 2 aromatic carbocycles. The molecule has 0 bridgehead atoms. The summed E-state index contributed by atoms with van der Waals surface area (Å²) in [6.45, 7) is 6.05. The molecular formula is C24H29NO5. The van der Waals surface area contributed by atoms with E-state index in [0.717, 1.165) is 47.4 Å². The lowest BCUT2D eigenvalue weighted by Crippen LogP contribution is -2.40. The average Bonchev–Trinajstić information content (AvgIpc) is 3.34. The van der Waals surface area contributed by atoms with Crippen molar-refractivity contribution < 1.29 is 23.7 Å². The highest BCUT2D eigenvalue weighted by atomic mass is 16.7. The van der Waals surface area contributed by atoms with Gasteiger partial charge >= 0.3 is 0 Å². The van der Waals surface area contributed by atoms with Crippen molar-refractivity contribution in [3.8, 4) is 11.5 Å². The van der Waals surface area contributed by atoms with Gasteiger partial charge in [0.1, 0.15) is 0 Å². The number of carbonyl (C=O) groups is 1. The van der Waals surface area contributed by atoms with E-state index in [4.69, 9.17) is 18.9 Å². The molecule has 1 spiro atoms. The van der Waals surface area contributed by atoms with Crippen LogP contribution in [0.3, 0.4) is 0 Å². The zero-order chi connectivity index (χ0) is 21.1. The maximum Gasteiger partial charge on any atom is 0.292 e. The minimum Gasteiger partial charge on any atom is -0.493 e. The molecule has 2 heterocycles. The molecule has 6 heteroatoms. The highest BCUT2D eigenvalue weighted by Crippen LogP contribution is 2.47. The Hall–Kier alpha value is -2.57. The number of amides is 1. The van der Waals surface area contributed by atoms with Crippen molar-refractivity contribution >= 4 is 11.6 Å². The number of ether oxygens (including phenoxy) is 4. The summed E-state index contributed by atoms with van der Waals surface area (Å²) in [7, 11) is 1.63. The van der Waals surface area contributed by atoms with Gasteiger partial charge in [-0.3, -0.25) is 4.79 Å². The van der Waals surface area contributed by atoms with Gasteiger partial charge in [0.15, 0.2) is 11.5 Å². The van der Waals surface area contributed by atoms with E-state index in [1.807, 2.05) is 43.3 Å². The highest BCUT2D eigenvalue weighted by Gasteiger charge is 2.56. The van der Waals surface area contributed by atoms with Crippen LogP contribution in [0.25, 0.3) is 0 Å². The van der Waals surface area contributed by atoms with Gasteiger partial charge in [-0.2, -0.15) is 0 Å². The number of methoxy groups -OCH3 is 1.